The van der Waals surface area contributed by atoms with Crippen molar-refractivity contribution in [3.8, 4) is 0 Å². The van der Waals surface area contributed by atoms with Crippen molar-refractivity contribution in [2.45, 2.75) is 25.7 Å². The molecule has 0 fully saturated rings. The van der Waals surface area contributed by atoms with E-state index in [-0.39, 0.29) is 30.7 Å². The number of carboxylic acids is 1. The van der Waals surface area contributed by atoms with E-state index in [1.54, 1.807) is 24.3 Å². The van der Waals surface area contributed by atoms with Gasteiger partial charge in [0.1, 0.15) is 6.54 Å². The first-order valence-corrected chi connectivity index (χ1v) is 8.60. The molecule has 1 heterocycles. The summed E-state index contributed by atoms with van der Waals surface area (Å²) in [6.07, 6.45) is 1.98. The zero-order valence-corrected chi connectivity index (χ0v) is 14.7. The second-order valence-electron chi connectivity index (χ2n) is 6.07. The number of carbonyl (C=O) groups is 5. The zero-order chi connectivity index (χ0) is 19.8. The van der Waals surface area contributed by atoms with Crippen LogP contribution >= 0.6 is 0 Å². The maximum atomic E-state index is 12.2. The Morgan fingerprint density at radius 3 is 2.04 bits per heavy atom. The van der Waals surface area contributed by atoms with Gasteiger partial charge in [-0.15, -0.1) is 0 Å². The molecule has 1 aliphatic rings. The van der Waals surface area contributed by atoms with Crippen LogP contribution in [-0.4, -0.2) is 59.2 Å². The third-order valence-electron chi connectivity index (χ3n) is 4.05. The minimum atomic E-state index is -1.16. The Bertz CT molecular complexity index is 726. The van der Waals surface area contributed by atoms with Crippen molar-refractivity contribution < 1.29 is 29.1 Å². The summed E-state index contributed by atoms with van der Waals surface area (Å²) in [5.41, 5.74) is 0.839. The molecule has 27 heavy (non-hydrogen) atoms. The lowest BCUT2D eigenvalue weighted by molar-refractivity contribution is -0.137. The van der Waals surface area contributed by atoms with Gasteiger partial charge in [0.2, 0.25) is 11.8 Å². The van der Waals surface area contributed by atoms with Gasteiger partial charge in [-0.1, -0.05) is 18.6 Å². The lowest BCUT2D eigenvalue weighted by Gasteiger charge is -2.13. The van der Waals surface area contributed by atoms with E-state index in [1.807, 2.05) is 0 Å². The third-order valence-corrected chi connectivity index (χ3v) is 4.05. The molecular formula is C18H21N3O6. The van der Waals surface area contributed by atoms with E-state index < -0.39 is 18.4 Å². The number of carboxylic acid groups (broad SMARTS) is 1. The van der Waals surface area contributed by atoms with Crippen LogP contribution in [0.4, 0.5) is 0 Å². The first-order valence-electron chi connectivity index (χ1n) is 8.60. The molecule has 3 N–H and O–H groups in total. The molecule has 4 amide bonds. The van der Waals surface area contributed by atoms with Gasteiger partial charge in [0.15, 0.2) is 0 Å². The van der Waals surface area contributed by atoms with Crippen molar-refractivity contribution in [3.05, 3.63) is 35.4 Å². The van der Waals surface area contributed by atoms with E-state index in [1.165, 1.54) is 4.90 Å². The second-order valence-corrected chi connectivity index (χ2v) is 6.07. The zero-order valence-electron chi connectivity index (χ0n) is 14.7. The predicted octanol–water partition coefficient (Wildman–Crippen LogP) is 0.160. The van der Waals surface area contributed by atoms with Crippen LogP contribution < -0.4 is 10.6 Å². The molecule has 9 heteroatoms. The lowest BCUT2D eigenvalue weighted by Crippen LogP contribution is -2.38. The first-order chi connectivity index (χ1) is 12.9. The van der Waals surface area contributed by atoms with Crippen LogP contribution in [0.2, 0.25) is 0 Å². The summed E-state index contributed by atoms with van der Waals surface area (Å²) in [5.74, 6) is -2.63. The van der Waals surface area contributed by atoms with Gasteiger partial charge in [-0.2, -0.15) is 0 Å². The smallest absolute Gasteiger partial charge is 0.322 e. The highest BCUT2D eigenvalue weighted by molar-refractivity contribution is 6.21. The van der Waals surface area contributed by atoms with Crippen molar-refractivity contribution in [2.75, 3.05) is 19.6 Å². The summed E-state index contributed by atoms with van der Waals surface area (Å²) in [6, 6.07) is 6.70. The number of nitrogens with one attached hydrogen (secondary N) is 2. The molecule has 1 aromatic carbocycles. The van der Waals surface area contributed by atoms with E-state index in [2.05, 4.69) is 10.6 Å². The minimum absolute atomic E-state index is 0.203. The Morgan fingerprint density at radius 1 is 0.852 bits per heavy atom. The Morgan fingerprint density at radius 2 is 1.44 bits per heavy atom. The Kier molecular flexibility index (Phi) is 7.04. The maximum Gasteiger partial charge on any atom is 0.322 e. The number of imide groups is 1. The maximum absolute atomic E-state index is 12.2. The van der Waals surface area contributed by atoms with Gasteiger partial charge in [-0.05, 0) is 25.0 Å². The highest BCUT2D eigenvalue weighted by Crippen LogP contribution is 2.22. The van der Waals surface area contributed by atoms with Gasteiger partial charge in [-0.3, -0.25) is 28.9 Å². The molecule has 0 radical (unpaired) electrons. The van der Waals surface area contributed by atoms with Gasteiger partial charge in [0.05, 0.1) is 17.7 Å². The fourth-order valence-corrected chi connectivity index (χ4v) is 2.68. The summed E-state index contributed by atoms with van der Waals surface area (Å²) >= 11 is 0. The first kappa shape index (κ1) is 20.1. The summed E-state index contributed by atoms with van der Waals surface area (Å²) in [7, 11) is 0. The highest BCUT2D eigenvalue weighted by atomic mass is 16.4. The number of carbonyl (C=O) groups excluding carboxylic acids is 4. The molecule has 2 rings (SSSR count). The van der Waals surface area contributed by atoms with Gasteiger partial charge >= 0.3 is 5.97 Å². The average molecular weight is 375 g/mol. The molecule has 144 valence electrons. The number of aliphatic carboxylic acids is 1. The minimum Gasteiger partial charge on any atom is -0.480 e. The number of nitrogens with zero attached hydrogens (tertiary/aromatic N) is 1. The number of unbranched alkanes of at least 4 members (excludes halogenated alkanes) is 2. The largest absolute Gasteiger partial charge is 0.480 e. The van der Waals surface area contributed by atoms with Crippen LogP contribution in [0.1, 0.15) is 46.4 Å². The molecule has 0 atom stereocenters. The monoisotopic (exact) mass is 375 g/mol. The van der Waals surface area contributed by atoms with Gasteiger partial charge in [0.25, 0.3) is 11.8 Å². The predicted molar refractivity (Wildman–Crippen MR) is 93.9 cm³/mol. The fraction of sp³-hybridized carbons (Fsp3) is 0.389. The van der Waals surface area contributed by atoms with Crippen LogP contribution in [0.3, 0.4) is 0 Å². The van der Waals surface area contributed by atoms with Crippen LogP contribution in [-0.2, 0) is 14.4 Å². The van der Waals surface area contributed by atoms with E-state index in [9.17, 15) is 24.0 Å². The standard InChI is InChI=1S/C18H21N3O6/c22-14(19-10-15(23)20-11-16(24)25)8-2-1-5-9-21-17(26)12-6-3-4-7-13(12)18(21)27/h3-4,6-7H,1-2,5,8-11H2,(H,19,22)(H,20,23)(H,24,25). The van der Waals surface area contributed by atoms with Crippen molar-refractivity contribution >= 4 is 29.6 Å². The average Bonchev–Trinajstić information content (AvgIpc) is 2.89. The molecule has 0 spiro atoms. The topological polar surface area (TPSA) is 133 Å². The number of hydrogen-bond acceptors (Lipinski definition) is 5. The normalized spacial score (nSPS) is 12.7. The number of rotatable bonds is 10. The molecule has 0 aliphatic carbocycles. The molecule has 1 aliphatic heterocycles. The van der Waals surface area contributed by atoms with Crippen LogP contribution in [0, 0.1) is 0 Å². The molecule has 0 saturated heterocycles. The summed E-state index contributed by atoms with van der Waals surface area (Å²) in [6.45, 7) is -0.473. The number of fused-ring (bicyclic) bond motifs is 1. The van der Waals surface area contributed by atoms with Crippen LogP contribution in [0.15, 0.2) is 24.3 Å². The van der Waals surface area contributed by atoms with Crippen LogP contribution in [0.5, 0.6) is 0 Å². The Balaban J connectivity index is 1.60. The lowest BCUT2D eigenvalue weighted by atomic mass is 10.1. The third kappa shape index (κ3) is 5.63. The van der Waals surface area contributed by atoms with E-state index in [0.717, 1.165) is 0 Å². The van der Waals surface area contributed by atoms with E-state index >= 15 is 0 Å². The molecule has 0 bridgehead atoms. The van der Waals surface area contributed by atoms with Crippen molar-refractivity contribution in [2.24, 2.45) is 0 Å². The molecular weight excluding hydrogens is 354 g/mol. The Hall–Kier alpha value is -3.23. The van der Waals surface area contributed by atoms with E-state index in [0.29, 0.717) is 36.9 Å². The number of hydrogen-bond donors (Lipinski definition) is 3. The van der Waals surface area contributed by atoms with Gasteiger partial charge in [0, 0.05) is 13.0 Å². The van der Waals surface area contributed by atoms with Crippen molar-refractivity contribution in [1.29, 1.82) is 0 Å². The van der Waals surface area contributed by atoms with Crippen molar-refractivity contribution in [1.82, 2.24) is 15.5 Å². The summed E-state index contributed by atoms with van der Waals surface area (Å²) in [5, 5.41) is 13.0. The van der Waals surface area contributed by atoms with Gasteiger partial charge in [-0.25, -0.2) is 0 Å². The highest BCUT2D eigenvalue weighted by Gasteiger charge is 2.34. The van der Waals surface area contributed by atoms with Gasteiger partial charge < -0.3 is 15.7 Å². The van der Waals surface area contributed by atoms with E-state index in [4.69, 9.17) is 5.11 Å². The summed E-state index contributed by atoms with van der Waals surface area (Å²) in [4.78, 5) is 58.8. The fourth-order valence-electron chi connectivity index (χ4n) is 2.68. The Labute approximate surface area is 155 Å². The van der Waals surface area contributed by atoms with Crippen molar-refractivity contribution in [3.63, 3.8) is 0 Å². The number of amides is 4. The quantitative estimate of drug-likeness (QED) is 0.394. The molecule has 0 saturated carbocycles. The molecule has 1 aromatic rings. The molecule has 0 aromatic heterocycles. The van der Waals surface area contributed by atoms with Crippen LogP contribution in [0.25, 0.3) is 0 Å². The SMILES string of the molecule is O=C(O)CNC(=O)CNC(=O)CCCCCN1C(=O)c2ccccc2C1=O. The molecule has 9 nitrogen and oxygen atoms in total. The summed E-state index contributed by atoms with van der Waals surface area (Å²) < 4.78 is 0. The second kappa shape index (κ2) is 9.46. The number of benzene rings is 1. The molecule has 0 unspecified atom stereocenters.